The summed E-state index contributed by atoms with van der Waals surface area (Å²) in [5.74, 6) is 0.663. The van der Waals surface area contributed by atoms with Gasteiger partial charge in [-0.25, -0.2) is 4.68 Å². The Hall–Kier alpha value is -1.66. The van der Waals surface area contributed by atoms with Crippen LogP contribution in [0.25, 0.3) is 5.69 Å². The van der Waals surface area contributed by atoms with E-state index in [2.05, 4.69) is 32.8 Å². The van der Waals surface area contributed by atoms with Gasteiger partial charge in [-0.2, -0.15) is 0 Å². The van der Waals surface area contributed by atoms with E-state index in [4.69, 9.17) is 11.6 Å². The van der Waals surface area contributed by atoms with E-state index < -0.39 is 0 Å². The Balaban J connectivity index is 1.68. The van der Waals surface area contributed by atoms with Crippen molar-refractivity contribution >= 4 is 17.3 Å². The number of hydrogen-bond acceptors (Lipinski definition) is 5. The van der Waals surface area contributed by atoms with E-state index in [1.165, 1.54) is 19.4 Å². The third-order valence-electron chi connectivity index (χ3n) is 3.87. The molecule has 0 radical (unpaired) electrons. The first-order chi connectivity index (χ1) is 10.2. The summed E-state index contributed by atoms with van der Waals surface area (Å²) < 4.78 is 1.62. The summed E-state index contributed by atoms with van der Waals surface area (Å²) in [4.78, 5) is 2.38. The lowest BCUT2D eigenvalue weighted by Crippen LogP contribution is -2.35. The maximum Gasteiger partial charge on any atom is 0.143 e. The van der Waals surface area contributed by atoms with Crippen LogP contribution in [-0.2, 0) is 0 Å². The molecule has 0 saturated carbocycles. The van der Waals surface area contributed by atoms with Crippen molar-refractivity contribution in [3.63, 3.8) is 0 Å². The van der Waals surface area contributed by atoms with Crippen molar-refractivity contribution in [1.29, 1.82) is 0 Å². The largest absolute Gasteiger partial charge is 0.383 e. The molecule has 0 aliphatic carbocycles. The third-order valence-corrected chi connectivity index (χ3v) is 4.20. The van der Waals surface area contributed by atoms with Gasteiger partial charge in [0, 0.05) is 13.1 Å². The van der Waals surface area contributed by atoms with Gasteiger partial charge in [0.1, 0.15) is 6.33 Å². The summed E-state index contributed by atoms with van der Waals surface area (Å²) >= 11 is 6.27. The lowest BCUT2D eigenvalue weighted by Gasteiger charge is -2.30. The highest BCUT2D eigenvalue weighted by molar-refractivity contribution is 6.33. The zero-order valence-corrected chi connectivity index (χ0v) is 12.8. The molecule has 1 N–H and O–H groups in total. The number of rotatable bonds is 4. The normalized spacial score (nSPS) is 19.6. The Bertz CT molecular complexity index is 585. The summed E-state index contributed by atoms with van der Waals surface area (Å²) in [6.07, 6.45) is 4.10. The van der Waals surface area contributed by atoms with Crippen LogP contribution in [0.15, 0.2) is 24.5 Å². The number of nitrogens with one attached hydrogen (secondary N) is 1. The van der Waals surface area contributed by atoms with Gasteiger partial charge in [0.15, 0.2) is 0 Å². The molecular weight excluding hydrogens is 288 g/mol. The molecule has 1 aromatic carbocycles. The molecule has 1 aliphatic rings. The number of likely N-dealkylation sites (tertiary alicyclic amines) is 1. The third kappa shape index (κ3) is 3.51. The Morgan fingerprint density at radius 2 is 2.33 bits per heavy atom. The maximum atomic E-state index is 6.27. The van der Waals surface area contributed by atoms with Crippen molar-refractivity contribution in [1.82, 2.24) is 25.1 Å². The van der Waals surface area contributed by atoms with Crippen LogP contribution in [0.3, 0.4) is 0 Å². The van der Waals surface area contributed by atoms with E-state index in [0.29, 0.717) is 5.92 Å². The molecule has 0 bridgehead atoms. The predicted octanol–water partition coefficient (Wildman–Crippen LogP) is 2.07. The number of tetrazole rings is 1. The van der Waals surface area contributed by atoms with Gasteiger partial charge >= 0.3 is 0 Å². The average Bonchev–Trinajstić information content (AvgIpc) is 3.01. The van der Waals surface area contributed by atoms with Crippen molar-refractivity contribution in [2.24, 2.45) is 5.92 Å². The summed E-state index contributed by atoms with van der Waals surface area (Å²) in [5.41, 5.74) is 1.82. The maximum absolute atomic E-state index is 6.27. The summed E-state index contributed by atoms with van der Waals surface area (Å²) in [7, 11) is 2.18. The fraction of sp³-hybridized carbons (Fsp3) is 0.500. The van der Waals surface area contributed by atoms with E-state index in [0.717, 1.165) is 29.5 Å². The van der Waals surface area contributed by atoms with Gasteiger partial charge in [-0.1, -0.05) is 11.6 Å². The van der Waals surface area contributed by atoms with Crippen LogP contribution < -0.4 is 5.32 Å². The lowest BCUT2D eigenvalue weighted by molar-refractivity contribution is 0.217. The molecule has 6 nitrogen and oxygen atoms in total. The minimum Gasteiger partial charge on any atom is -0.383 e. The minimum absolute atomic E-state index is 0.663. The second-order valence-electron chi connectivity index (χ2n) is 5.57. The Kier molecular flexibility index (Phi) is 4.36. The topological polar surface area (TPSA) is 58.9 Å². The molecule has 21 heavy (non-hydrogen) atoms. The van der Waals surface area contributed by atoms with Gasteiger partial charge in [0.05, 0.1) is 16.4 Å². The van der Waals surface area contributed by atoms with Crippen LogP contribution in [-0.4, -0.2) is 51.8 Å². The van der Waals surface area contributed by atoms with E-state index in [9.17, 15) is 0 Å². The molecule has 1 atom stereocenters. The van der Waals surface area contributed by atoms with Crippen molar-refractivity contribution in [3.8, 4) is 5.69 Å². The van der Waals surface area contributed by atoms with E-state index in [1.807, 2.05) is 18.2 Å². The Morgan fingerprint density at radius 3 is 3.10 bits per heavy atom. The van der Waals surface area contributed by atoms with Gasteiger partial charge in [0.2, 0.25) is 0 Å². The summed E-state index contributed by atoms with van der Waals surface area (Å²) in [5, 5.41) is 15.4. The quantitative estimate of drug-likeness (QED) is 0.937. The predicted molar refractivity (Wildman–Crippen MR) is 82.9 cm³/mol. The fourth-order valence-electron chi connectivity index (χ4n) is 2.76. The Labute approximate surface area is 129 Å². The molecule has 0 amide bonds. The van der Waals surface area contributed by atoms with Crippen LogP contribution in [0, 0.1) is 5.92 Å². The zero-order valence-electron chi connectivity index (χ0n) is 12.0. The van der Waals surface area contributed by atoms with Crippen molar-refractivity contribution < 1.29 is 0 Å². The first-order valence-corrected chi connectivity index (χ1v) is 7.55. The highest BCUT2D eigenvalue weighted by Crippen LogP contribution is 2.25. The molecular formula is C14H19ClN6. The van der Waals surface area contributed by atoms with Crippen LogP contribution in [0.2, 0.25) is 5.02 Å². The van der Waals surface area contributed by atoms with Crippen molar-refractivity contribution in [2.75, 3.05) is 32.0 Å². The van der Waals surface area contributed by atoms with Gasteiger partial charge in [-0.05, 0) is 61.0 Å². The van der Waals surface area contributed by atoms with Crippen LogP contribution in [0.5, 0.6) is 0 Å². The molecule has 1 aliphatic heterocycles. The minimum atomic E-state index is 0.663. The fourth-order valence-corrected chi connectivity index (χ4v) is 2.95. The van der Waals surface area contributed by atoms with E-state index in [1.54, 1.807) is 11.0 Å². The second-order valence-corrected chi connectivity index (χ2v) is 5.98. The van der Waals surface area contributed by atoms with Gasteiger partial charge in [0.25, 0.3) is 0 Å². The SMILES string of the molecule is CN1CCCC(CNc2cc(-n3cnnn3)ccc2Cl)C1. The molecule has 7 heteroatoms. The number of halogens is 1. The zero-order chi connectivity index (χ0) is 14.7. The van der Waals surface area contributed by atoms with Gasteiger partial charge in [-0.15, -0.1) is 5.10 Å². The van der Waals surface area contributed by atoms with Crippen molar-refractivity contribution in [2.45, 2.75) is 12.8 Å². The summed E-state index contributed by atoms with van der Waals surface area (Å²) in [6.45, 7) is 3.27. The molecule has 2 aromatic rings. The smallest absolute Gasteiger partial charge is 0.143 e. The van der Waals surface area contributed by atoms with Gasteiger partial charge < -0.3 is 10.2 Å². The average molecular weight is 307 g/mol. The monoisotopic (exact) mass is 306 g/mol. The van der Waals surface area contributed by atoms with Crippen LogP contribution >= 0.6 is 11.6 Å². The first-order valence-electron chi connectivity index (χ1n) is 7.17. The highest BCUT2D eigenvalue weighted by Gasteiger charge is 2.17. The molecule has 1 aromatic heterocycles. The molecule has 2 heterocycles. The van der Waals surface area contributed by atoms with Crippen LogP contribution in [0.1, 0.15) is 12.8 Å². The van der Waals surface area contributed by atoms with Crippen LogP contribution in [0.4, 0.5) is 5.69 Å². The van der Waals surface area contributed by atoms with Gasteiger partial charge in [-0.3, -0.25) is 0 Å². The highest BCUT2D eigenvalue weighted by atomic mass is 35.5. The van der Waals surface area contributed by atoms with Crippen molar-refractivity contribution in [3.05, 3.63) is 29.5 Å². The number of nitrogens with zero attached hydrogens (tertiary/aromatic N) is 5. The molecule has 0 spiro atoms. The Morgan fingerprint density at radius 1 is 1.43 bits per heavy atom. The number of piperidine rings is 1. The first kappa shape index (κ1) is 14.3. The molecule has 1 unspecified atom stereocenters. The van der Waals surface area contributed by atoms with E-state index in [-0.39, 0.29) is 0 Å². The lowest BCUT2D eigenvalue weighted by atomic mass is 9.98. The summed E-state index contributed by atoms with van der Waals surface area (Å²) in [6, 6.07) is 5.75. The number of anilines is 1. The standard InChI is InChI=1S/C14H19ClN6/c1-20-6-2-3-11(9-20)8-16-14-7-12(4-5-13(14)15)21-10-17-18-19-21/h4-5,7,10-11,16H,2-3,6,8-9H2,1H3. The number of benzene rings is 1. The molecule has 1 fully saturated rings. The number of aromatic nitrogens is 4. The van der Waals surface area contributed by atoms with E-state index >= 15 is 0 Å². The second kappa shape index (κ2) is 6.41. The number of hydrogen-bond donors (Lipinski definition) is 1. The molecule has 1 saturated heterocycles. The molecule has 3 rings (SSSR count). The molecule has 112 valence electrons.